The van der Waals surface area contributed by atoms with Crippen LogP contribution < -0.4 is 15.2 Å². The number of nitrogens with zero attached hydrogens (tertiary/aromatic N) is 3. The molecule has 0 aliphatic carbocycles. The Kier molecular flexibility index (Phi) is 6.50. The van der Waals surface area contributed by atoms with E-state index in [1.165, 1.54) is 0 Å². The van der Waals surface area contributed by atoms with Crippen LogP contribution in [0.5, 0.6) is 0 Å². The van der Waals surface area contributed by atoms with Gasteiger partial charge in [-0.1, -0.05) is 48.5 Å². The summed E-state index contributed by atoms with van der Waals surface area (Å²) in [5, 5.41) is 6.17. The van der Waals surface area contributed by atoms with Crippen molar-refractivity contribution in [1.29, 1.82) is 0 Å². The Hall–Kier alpha value is -4.45. The fraction of sp³-hybridized carbons (Fsp3) is 0.167. The highest BCUT2D eigenvalue weighted by Crippen LogP contribution is 2.37. The van der Waals surface area contributed by atoms with Gasteiger partial charge in [-0.3, -0.25) is 9.59 Å². The zero-order chi connectivity index (χ0) is 25.1. The molecule has 4 aromatic carbocycles. The van der Waals surface area contributed by atoms with Gasteiger partial charge >= 0.3 is 0 Å². The number of carbonyl (C=O) groups is 2. The lowest BCUT2D eigenvalue weighted by Crippen LogP contribution is -2.26. The maximum atomic E-state index is 13.0. The molecular formula is C30H28N4O2. The summed E-state index contributed by atoms with van der Waals surface area (Å²) >= 11 is 0. The smallest absolute Gasteiger partial charge is 0.271 e. The number of hydrogen-bond acceptors (Lipinski definition) is 4. The highest BCUT2D eigenvalue weighted by molar-refractivity contribution is 6.24. The fourth-order valence-electron chi connectivity index (χ4n) is 4.67. The molecule has 1 N–H and O–H groups in total. The van der Waals surface area contributed by atoms with Gasteiger partial charge in [0.15, 0.2) is 0 Å². The number of hydrazone groups is 1. The minimum Gasteiger partial charge on any atom is -0.372 e. The van der Waals surface area contributed by atoms with Gasteiger partial charge in [0.1, 0.15) is 0 Å². The van der Waals surface area contributed by atoms with Crippen molar-refractivity contribution in [1.82, 2.24) is 5.43 Å². The quantitative estimate of drug-likeness (QED) is 0.266. The van der Waals surface area contributed by atoms with E-state index in [9.17, 15) is 9.59 Å². The molecule has 6 nitrogen and oxygen atoms in total. The van der Waals surface area contributed by atoms with E-state index in [0.29, 0.717) is 12.1 Å². The molecule has 1 aliphatic heterocycles. The second-order valence-electron chi connectivity index (χ2n) is 8.73. The Bertz CT molecular complexity index is 1430. The first kappa shape index (κ1) is 23.3. The van der Waals surface area contributed by atoms with Gasteiger partial charge in [0.05, 0.1) is 18.4 Å². The third kappa shape index (κ3) is 4.45. The van der Waals surface area contributed by atoms with Crippen molar-refractivity contribution in [2.24, 2.45) is 5.10 Å². The summed E-state index contributed by atoms with van der Waals surface area (Å²) in [6.45, 7) is 6.61. The minimum atomic E-state index is -0.285. The first-order valence-corrected chi connectivity index (χ1v) is 12.2. The van der Waals surface area contributed by atoms with E-state index in [2.05, 4.69) is 41.4 Å². The lowest BCUT2D eigenvalue weighted by atomic mass is 10.1. The van der Waals surface area contributed by atoms with E-state index in [-0.39, 0.29) is 11.8 Å². The van der Waals surface area contributed by atoms with Crippen molar-refractivity contribution < 1.29 is 9.59 Å². The van der Waals surface area contributed by atoms with Crippen LogP contribution in [0.15, 0.2) is 90.0 Å². The zero-order valence-corrected chi connectivity index (χ0v) is 20.4. The standard InChI is InChI=1S/C30H28N4O2/c1-3-33(4-2)25-17-13-21(14-18-25)19-31-32-29(35)24-15-11-22(12-16-24)20-34-27-10-6-8-23-7-5-9-26(28(23)27)30(34)36/h5-19H,3-4,20H2,1-2H3,(H,32,35). The molecule has 0 saturated carbocycles. The number of carbonyl (C=O) groups excluding carboxylic acids is 2. The van der Waals surface area contributed by atoms with Crippen LogP contribution in [-0.4, -0.2) is 31.1 Å². The van der Waals surface area contributed by atoms with Gasteiger partial charge in [0, 0.05) is 35.3 Å². The lowest BCUT2D eigenvalue weighted by molar-refractivity contribution is 0.0953. The number of anilines is 2. The van der Waals surface area contributed by atoms with Gasteiger partial charge in [-0.15, -0.1) is 0 Å². The summed E-state index contributed by atoms with van der Waals surface area (Å²) in [4.78, 5) is 29.6. The van der Waals surface area contributed by atoms with Crippen LogP contribution in [0.4, 0.5) is 11.4 Å². The molecule has 0 unspecified atom stereocenters. The molecule has 0 atom stereocenters. The molecule has 0 spiro atoms. The average molecular weight is 477 g/mol. The van der Waals surface area contributed by atoms with Crippen molar-refractivity contribution in [3.8, 4) is 0 Å². The molecule has 0 saturated heterocycles. The third-order valence-electron chi connectivity index (χ3n) is 6.61. The predicted molar refractivity (Wildman–Crippen MR) is 146 cm³/mol. The third-order valence-corrected chi connectivity index (χ3v) is 6.61. The topological polar surface area (TPSA) is 65.0 Å². The molecular weight excluding hydrogens is 448 g/mol. The summed E-state index contributed by atoms with van der Waals surface area (Å²) < 4.78 is 0. The summed E-state index contributed by atoms with van der Waals surface area (Å²) in [5.41, 5.74) is 7.77. The number of amides is 2. The van der Waals surface area contributed by atoms with Gasteiger partial charge < -0.3 is 9.80 Å². The van der Waals surface area contributed by atoms with E-state index >= 15 is 0 Å². The van der Waals surface area contributed by atoms with Gasteiger partial charge in [0.2, 0.25) is 0 Å². The van der Waals surface area contributed by atoms with Crippen LogP contribution in [0.2, 0.25) is 0 Å². The number of nitrogens with one attached hydrogen (secondary N) is 1. The van der Waals surface area contributed by atoms with E-state index in [1.54, 1.807) is 23.2 Å². The Labute approximate surface area is 210 Å². The first-order valence-electron chi connectivity index (χ1n) is 12.2. The molecule has 1 heterocycles. The first-order chi connectivity index (χ1) is 17.6. The highest BCUT2D eigenvalue weighted by atomic mass is 16.2. The fourth-order valence-corrected chi connectivity index (χ4v) is 4.67. The molecule has 0 aromatic heterocycles. The number of rotatable bonds is 8. The number of hydrogen-bond donors (Lipinski definition) is 1. The summed E-state index contributed by atoms with van der Waals surface area (Å²) in [5.74, 6) is -0.282. The van der Waals surface area contributed by atoms with Crippen molar-refractivity contribution in [3.05, 3.63) is 107 Å². The molecule has 1 aliphatic rings. The van der Waals surface area contributed by atoms with E-state index in [0.717, 1.165) is 51.9 Å². The molecule has 2 amide bonds. The van der Waals surface area contributed by atoms with Crippen LogP contribution in [-0.2, 0) is 6.54 Å². The van der Waals surface area contributed by atoms with Gasteiger partial charge in [-0.25, -0.2) is 5.43 Å². The van der Waals surface area contributed by atoms with Crippen LogP contribution in [0, 0.1) is 0 Å². The molecule has 5 rings (SSSR count). The van der Waals surface area contributed by atoms with Crippen molar-refractivity contribution in [3.63, 3.8) is 0 Å². The summed E-state index contributed by atoms with van der Waals surface area (Å²) in [6, 6.07) is 27.1. The normalized spacial score (nSPS) is 12.5. The van der Waals surface area contributed by atoms with Crippen LogP contribution in [0.3, 0.4) is 0 Å². The predicted octanol–water partition coefficient (Wildman–Crippen LogP) is 5.61. The van der Waals surface area contributed by atoms with E-state index in [1.807, 2.05) is 60.7 Å². The SMILES string of the molecule is CCN(CC)c1ccc(C=NNC(=O)c2ccc(CN3C(=O)c4cccc5cccc3c45)cc2)cc1. The molecule has 4 aromatic rings. The summed E-state index contributed by atoms with van der Waals surface area (Å²) in [6.07, 6.45) is 1.63. The molecule has 0 fully saturated rings. The highest BCUT2D eigenvalue weighted by Gasteiger charge is 2.29. The van der Waals surface area contributed by atoms with Gasteiger partial charge in [0.25, 0.3) is 11.8 Å². The lowest BCUT2D eigenvalue weighted by Gasteiger charge is -2.20. The van der Waals surface area contributed by atoms with Gasteiger partial charge in [-0.2, -0.15) is 5.10 Å². The average Bonchev–Trinajstić information content (AvgIpc) is 3.18. The van der Waals surface area contributed by atoms with Gasteiger partial charge in [-0.05, 0) is 66.8 Å². The zero-order valence-electron chi connectivity index (χ0n) is 20.4. The Balaban J connectivity index is 1.21. The Morgan fingerprint density at radius 3 is 2.31 bits per heavy atom. The number of benzene rings is 4. The Morgan fingerprint density at radius 2 is 1.61 bits per heavy atom. The summed E-state index contributed by atoms with van der Waals surface area (Å²) in [7, 11) is 0. The van der Waals surface area contributed by atoms with Crippen molar-refractivity contribution in [2.45, 2.75) is 20.4 Å². The molecule has 0 radical (unpaired) electrons. The molecule has 180 valence electrons. The van der Waals surface area contributed by atoms with Crippen LogP contribution in [0.25, 0.3) is 10.8 Å². The second-order valence-corrected chi connectivity index (χ2v) is 8.73. The van der Waals surface area contributed by atoms with E-state index < -0.39 is 0 Å². The van der Waals surface area contributed by atoms with E-state index in [4.69, 9.17) is 0 Å². The van der Waals surface area contributed by atoms with Crippen LogP contribution >= 0.6 is 0 Å². The maximum absolute atomic E-state index is 13.0. The largest absolute Gasteiger partial charge is 0.372 e. The molecule has 0 bridgehead atoms. The second kappa shape index (κ2) is 10.0. The van der Waals surface area contributed by atoms with Crippen LogP contribution in [0.1, 0.15) is 45.7 Å². The van der Waals surface area contributed by atoms with Crippen molar-refractivity contribution >= 4 is 40.2 Å². The monoisotopic (exact) mass is 476 g/mol. The van der Waals surface area contributed by atoms with Crippen molar-refractivity contribution in [2.75, 3.05) is 22.9 Å². The molecule has 36 heavy (non-hydrogen) atoms. The molecule has 6 heteroatoms. The minimum absolute atomic E-state index is 0.00286. The Morgan fingerprint density at radius 1 is 0.917 bits per heavy atom. The maximum Gasteiger partial charge on any atom is 0.271 e.